The van der Waals surface area contributed by atoms with E-state index in [4.69, 9.17) is 4.57 Å². The first-order valence-electron chi connectivity index (χ1n) is 0.507. The smallest absolute Gasteiger partial charge is 0.0527 e. The molecule has 0 aromatic heterocycles. The Kier molecular flexibility index (Phi) is 519. The average Bonchev–Trinajstić information content (AvgIpc) is 1.50. The lowest BCUT2D eigenvalue weighted by Gasteiger charge is -1.07. The van der Waals surface area contributed by atoms with Gasteiger partial charge in [-0.2, -0.15) is 9.90 Å². The first-order chi connectivity index (χ1) is 2.00. The van der Waals surface area contributed by atoms with Crippen molar-refractivity contribution in [1.29, 1.82) is 0 Å². The standard InChI is InChI=1S/ClH2P.2ClH.H3OP.H3P/c1-2;;;1-2;/h2H2;2*1H;2H3;1H3. The van der Waals surface area contributed by atoms with Gasteiger partial charge < -0.3 is 4.57 Å². The second-order valence-corrected chi connectivity index (χ2v) is 0. The molecule has 0 N–H and O–H groups in total. The number of hydrogen-bond acceptors (Lipinski definition) is 1. The summed E-state index contributed by atoms with van der Waals surface area (Å²) in [5.74, 6) is 0. The number of halogens is 3. The van der Waals surface area contributed by atoms with Gasteiger partial charge in [0.1, 0.15) is 0 Å². The molecule has 3 unspecified atom stereocenters. The molecule has 0 spiro atoms. The second-order valence-electron chi connectivity index (χ2n) is 0. The molecule has 0 heterocycles. The minimum absolute atomic E-state index is 0. The molecule has 0 aliphatic carbocycles. The van der Waals surface area contributed by atoms with Crippen molar-refractivity contribution >= 4 is 63.7 Å². The molecule has 0 aromatic rings. The zero-order chi connectivity index (χ0) is 4.00. The van der Waals surface area contributed by atoms with Gasteiger partial charge in [0.05, 0.1) is 9.12 Å². The van der Waals surface area contributed by atoms with Crippen LogP contribution in [0.25, 0.3) is 0 Å². The van der Waals surface area contributed by atoms with Crippen LogP contribution in [0.15, 0.2) is 0 Å². The molecule has 0 saturated heterocycles. The van der Waals surface area contributed by atoms with Gasteiger partial charge in [0, 0.05) is 0 Å². The molecule has 52 valence electrons. The van der Waals surface area contributed by atoms with Crippen molar-refractivity contribution in [2.24, 2.45) is 0 Å². The zero-order valence-corrected chi connectivity index (χ0v) is 9.97. The quantitative estimate of drug-likeness (QED) is 0.575. The van der Waals surface area contributed by atoms with E-state index < -0.39 is 0 Å². The van der Waals surface area contributed by atoms with Gasteiger partial charge in [0.2, 0.25) is 0 Å². The Hall–Kier alpha value is 1.96. The minimum Gasteiger partial charge on any atom is -0.333 e. The van der Waals surface area contributed by atoms with Crippen LogP contribution in [0, 0.1) is 0 Å². The van der Waals surface area contributed by atoms with Crippen LogP contribution in [-0.4, -0.2) is 0 Å². The van der Waals surface area contributed by atoms with Crippen molar-refractivity contribution in [2.75, 3.05) is 0 Å². The van der Waals surface area contributed by atoms with Gasteiger partial charge >= 0.3 is 0 Å². The monoisotopic (exact) mass is 224 g/mol. The van der Waals surface area contributed by atoms with Crippen molar-refractivity contribution < 1.29 is 4.57 Å². The molecular formula is H10Cl3OP3. The lowest BCUT2D eigenvalue weighted by Crippen LogP contribution is -0.489. The summed E-state index contributed by atoms with van der Waals surface area (Å²) in [5, 5.41) is 0. The first-order valence-corrected chi connectivity index (χ1v) is 2.83. The highest BCUT2D eigenvalue weighted by molar-refractivity contribution is 7.52. The summed E-state index contributed by atoms with van der Waals surface area (Å²) < 4.78 is 8.28. The summed E-state index contributed by atoms with van der Waals surface area (Å²) >= 11 is 4.56. The van der Waals surface area contributed by atoms with Crippen LogP contribution < -0.4 is 0 Å². The molecule has 0 aliphatic rings. The summed E-state index contributed by atoms with van der Waals surface area (Å²) in [7, 11) is 2.50. The normalized spacial score (nSPS) is 2.00. The van der Waals surface area contributed by atoms with E-state index in [0.29, 0.717) is 9.12 Å². The third kappa shape index (κ3) is 73.6. The lowest BCUT2D eigenvalue weighted by molar-refractivity contribution is 0.607. The summed E-state index contributed by atoms with van der Waals surface area (Å²) in [6, 6.07) is 0. The van der Waals surface area contributed by atoms with Gasteiger partial charge in [-0.1, -0.05) is 0 Å². The van der Waals surface area contributed by atoms with E-state index in [1.807, 2.05) is 8.59 Å². The third-order valence-electron chi connectivity index (χ3n) is 0. The Morgan fingerprint density at radius 1 is 1.14 bits per heavy atom. The first kappa shape index (κ1) is 36.2. The molecule has 1 nitrogen and oxygen atoms in total. The molecule has 0 radical (unpaired) electrons. The SMILES string of the molecule is Cl.Cl.O=[PH3].P.PCl. The predicted molar refractivity (Wildman–Crippen MR) is 53.0 cm³/mol. The van der Waals surface area contributed by atoms with E-state index in [2.05, 4.69) is 11.2 Å². The number of hydrogen-bond donors (Lipinski definition) is 0. The van der Waals surface area contributed by atoms with Crippen molar-refractivity contribution in [1.82, 2.24) is 0 Å². The van der Waals surface area contributed by atoms with Gasteiger partial charge in [-0.25, -0.2) is 0 Å². The summed E-state index contributed by atoms with van der Waals surface area (Å²) in [6.07, 6.45) is 0. The molecule has 0 aliphatic heterocycles. The van der Waals surface area contributed by atoms with Gasteiger partial charge in [-0.3, -0.25) is 0 Å². The molecule has 0 fully saturated rings. The van der Waals surface area contributed by atoms with E-state index in [-0.39, 0.29) is 34.7 Å². The van der Waals surface area contributed by atoms with Crippen LogP contribution in [-0.2, 0) is 4.57 Å². The molecule has 7 heavy (non-hydrogen) atoms. The van der Waals surface area contributed by atoms with E-state index >= 15 is 0 Å². The maximum Gasteiger partial charge on any atom is 0.0527 e. The summed E-state index contributed by atoms with van der Waals surface area (Å²) in [4.78, 5) is 0. The molecule has 0 aromatic carbocycles. The maximum absolute atomic E-state index is 8.28. The molecule has 7 heteroatoms. The third-order valence-corrected chi connectivity index (χ3v) is 0. The maximum atomic E-state index is 8.28. The fraction of sp³-hybridized carbons (Fsp3) is 0. The van der Waals surface area contributed by atoms with Crippen molar-refractivity contribution in [2.45, 2.75) is 0 Å². The van der Waals surface area contributed by atoms with Gasteiger partial charge in [-0.15, -0.1) is 36.1 Å². The lowest BCUT2D eigenvalue weighted by atomic mass is 16.0. The summed E-state index contributed by atoms with van der Waals surface area (Å²) in [6.45, 7) is 0. The fourth-order valence-corrected chi connectivity index (χ4v) is 0. The highest BCUT2D eigenvalue weighted by Gasteiger charge is 0.929. The van der Waals surface area contributed by atoms with Crippen LogP contribution in [0.3, 0.4) is 0 Å². The van der Waals surface area contributed by atoms with E-state index in [9.17, 15) is 0 Å². The molecule has 0 rings (SSSR count). The number of rotatable bonds is 0. The predicted octanol–water partition coefficient (Wildman–Crippen LogP) is 1.86. The highest BCUT2D eigenvalue weighted by atomic mass is 35.7. The van der Waals surface area contributed by atoms with Crippen molar-refractivity contribution in [3.63, 3.8) is 0 Å². The highest BCUT2D eigenvalue weighted by Crippen LogP contribution is 1.78. The average molecular weight is 225 g/mol. The Morgan fingerprint density at radius 2 is 1.14 bits per heavy atom. The molecular weight excluding hydrogens is 215 g/mol. The van der Waals surface area contributed by atoms with Crippen LogP contribution in [0.1, 0.15) is 0 Å². The van der Waals surface area contributed by atoms with Crippen molar-refractivity contribution in [3.8, 4) is 0 Å². The van der Waals surface area contributed by atoms with E-state index in [0.717, 1.165) is 0 Å². The van der Waals surface area contributed by atoms with E-state index in [1.165, 1.54) is 0 Å². The molecule has 0 amide bonds. The Balaban J connectivity index is -0.00000000267. The topological polar surface area (TPSA) is 17.1 Å². The van der Waals surface area contributed by atoms with Crippen LogP contribution in [0.4, 0.5) is 0 Å². The zero-order valence-electron chi connectivity index (χ0n) is 3.59. The van der Waals surface area contributed by atoms with Crippen molar-refractivity contribution in [3.05, 3.63) is 0 Å². The Bertz CT molecular complexity index is 10.1. The van der Waals surface area contributed by atoms with Crippen LogP contribution in [0.5, 0.6) is 0 Å². The minimum atomic E-state index is 0. The largest absolute Gasteiger partial charge is 0.333 e. The van der Waals surface area contributed by atoms with Gasteiger partial charge in [-0.05, 0) is 8.59 Å². The molecule has 0 saturated carbocycles. The molecule has 0 bridgehead atoms. The van der Waals surface area contributed by atoms with Gasteiger partial charge in [0.15, 0.2) is 0 Å². The van der Waals surface area contributed by atoms with Crippen LogP contribution >= 0.6 is 63.7 Å². The van der Waals surface area contributed by atoms with Gasteiger partial charge in [0.25, 0.3) is 0 Å². The second kappa shape index (κ2) is 100. The Labute approximate surface area is 68.4 Å². The fourth-order valence-electron chi connectivity index (χ4n) is 0. The molecule has 3 atom stereocenters. The summed E-state index contributed by atoms with van der Waals surface area (Å²) in [5.41, 5.74) is 0. The van der Waals surface area contributed by atoms with Crippen LogP contribution in [0.2, 0.25) is 0 Å². The van der Waals surface area contributed by atoms with E-state index in [1.54, 1.807) is 0 Å². The Morgan fingerprint density at radius 3 is 1.14 bits per heavy atom.